The van der Waals surface area contributed by atoms with E-state index < -0.39 is 48.9 Å². The number of alkyl halides is 3. The molecule has 0 aromatic heterocycles. The van der Waals surface area contributed by atoms with Gasteiger partial charge in [0.1, 0.15) is 12.1 Å². The Bertz CT molecular complexity index is 2380. The van der Waals surface area contributed by atoms with E-state index in [1.807, 2.05) is 30.3 Å². The van der Waals surface area contributed by atoms with Gasteiger partial charge in [0.2, 0.25) is 0 Å². The van der Waals surface area contributed by atoms with Crippen molar-refractivity contribution < 1.29 is 70.9 Å². The van der Waals surface area contributed by atoms with Gasteiger partial charge in [0, 0.05) is 23.6 Å². The second-order valence-electron chi connectivity index (χ2n) is 12.3. The normalized spacial score (nSPS) is 11.4. The van der Waals surface area contributed by atoms with Gasteiger partial charge >= 0.3 is 31.9 Å². The molecule has 320 valence electrons. The number of carbonyl (C=O) groups is 4. The Morgan fingerprint density at radius 3 is 1.69 bits per heavy atom. The van der Waals surface area contributed by atoms with Crippen LogP contribution in [0.4, 0.5) is 17.6 Å². The lowest BCUT2D eigenvalue weighted by molar-refractivity contribution is -0.138. The number of Topliss-reactive ketones (excluding diaryl/α,β-unsaturated/α-hetero) is 1. The molecule has 0 fully saturated rings. The number of carbonyl (C=O) groups excluding carboxylic acids is 1. The maximum atomic E-state index is 12.7. The molecule has 0 unspecified atom stereocenters. The molecule has 0 aliphatic carbocycles. The van der Waals surface area contributed by atoms with Gasteiger partial charge in [-0.05, 0) is 72.0 Å². The van der Waals surface area contributed by atoms with Crippen LogP contribution >= 0.6 is 19.4 Å². The van der Waals surface area contributed by atoms with Crippen molar-refractivity contribution in [2.24, 2.45) is 0 Å². The van der Waals surface area contributed by atoms with Crippen LogP contribution in [0.5, 0.6) is 0 Å². The van der Waals surface area contributed by atoms with E-state index in [0.29, 0.717) is 47.0 Å². The van der Waals surface area contributed by atoms with E-state index in [2.05, 4.69) is 4.52 Å². The van der Waals surface area contributed by atoms with Crippen LogP contribution in [0.15, 0.2) is 145 Å². The number of benzene rings is 5. The van der Waals surface area contributed by atoms with Gasteiger partial charge in [-0.2, -0.15) is 13.2 Å². The molecule has 0 heterocycles. The van der Waals surface area contributed by atoms with E-state index in [1.54, 1.807) is 92.7 Å². The molecular weight excluding hydrogens is 847 g/mol. The van der Waals surface area contributed by atoms with Crippen molar-refractivity contribution in [2.75, 3.05) is 0 Å². The SMILES string of the molecule is Cc1cccc(C)c1C(=O)O.O=C(O)C(=Cc1ccccc1)CC(=O)c1ccccc1.O=C(O)C=Cc1cc(F)ccc1C(F)(F)F.O=P(O)(O)OC=C(Cl)c1ccccc1. The van der Waals surface area contributed by atoms with Gasteiger partial charge in [-0.3, -0.25) is 14.6 Å². The molecule has 5 aromatic carbocycles. The fourth-order valence-corrected chi connectivity index (χ4v) is 5.34. The smallest absolute Gasteiger partial charge is 0.478 e. The number of phosphoric ester groups is 1. The van der Waals surface area contributed by atoms with Gasteiger partial charge in [0.05, 0.1) is 16.2 Å². The number of aryl methyl sites for hydroxylation is 2. The zero-order valence-electron chi connectivity index (χ0n) is 32.2. The molecule has 0 spiro atoms. The first-order valence-electron chi connectivity index (χ1n) is 17.4. The lowest BCUT2D eigenvalue weighted by Gasteiger charge is -2.09. The topological polar surface area (TPSA) is 196 Å². The highest BCUT2D eigenvalue weighted by molar-refractivity contribution is 7.46. The minimum atomic E-state index is -4.65. The fraction of sp³-hybridized carbons (Fsp3) is 0.0909. The van der Waals surface area contributed by atoms with E-state index in [0.717, 1.165) is 23.0 Å². The molecule has 5 N–H and O–H groups in total. The van der Waals surface area contributed by atoms with Gasteiger partial charge in [-0.25, -0.2) is 23.3 Å². The van der Waals surface area contributed by atoms with E-state index in [9.17, 15) is 46.4 Å². The number of rotatable bonds is 11. The molecule has 0 atom stereocenters. The van der Waals surface area contributed by atoms with Gasteiger partial charge < -0.3 is 19.8 Å². The monoisotopic (exact) mass is 884 g/mol. The summed E-state index contributed by atoms with van der Waals surface area (Å²) < 4.78 is 64.4. The van der Waals surface area contributed by atoms with Crippen molar-refractivity contribution in [2.45, 2.75) is 26.4 Å². The molecule has 17 heteroatoms. The van der Waals surface area contributed by atoms with Gasteiger partial charge in [0.25, 0.3) is 0 Å². The lowest BCUT2D eigenvalue weighted by atomic mass is 10.0. The lowest BCUT2D eigenvalue weighted by Crippen LogP contribution is -2.07. The Labute approximate surface area is 352 Å². The summed E-state index contributed by atoms with van der Waals surface area (Å²) in [6.07, 6.45) is -1.18. The molecular formula is C44H38ClF4O11P. The number of aromatic carboxylic acids is 1. The molecule has 11 nitrogen and oxygen atoms in total. The summed E-state index contributed by atoms with van der Waals surface area (Å²) in [6, 6.07) is 33.8. The summed E-state index contributed by atoms with van der Waals surface area (Å²) in [6.45, 7) is 3.60. The zero-order valence-corrected chi connectivity index (χ0v) is 33.8. The summed E-state index contributed by atoms with van der Waals surface area (Å²) >= 11 is 5.71. The summed E-state index contributed by atoms with van der Waals surface area (Å²) in [4.78, 5) is 60.9. The van der Waals surface area contributed by atoms with Crippen LogP contribution in [0.3, 0.4) is 0 Å². The third kappa shape index (κ3) is 19.3. The Balaban J connectivity index is 0.000000286. The van der Waals surface area contributed by atoms with Crippen molar-refractivity contribution >= 4 is 60.3 Å². The molecule has 5 rings (SSSR count). The van der Waals surface area contributed by atoms with Gasteiger partial charge in [0.15, 0.2) is 5.78 Å². The Morgan fingerprint density at radius 2 is 1.25 bits per heavy atom. The van der Waals surface area contributed by atoms with Crippen molar-refractivity contribution in [3.05, 3.63) is 196 Å². The largest absolute Gasteiger partial charge is 0.524 e. The Kier molecular flexibility index (Phi) is 20.2. The highest BCUT2D eigenvalue weighted by Crippen LogP contribution is 2.37. The maximum Gasteiger partial charge on any atom is 0.524 e. The first-order valence-corrected chi connectivity index (χ1v) is 19.3. The number of halogens is 5. The maximum absolute atomic E-state index is 12.7. The molecule has 0 aliphatic rings. The van der Waals surface area contributed by atoms with Crippen LogP contribution in [-0.4, -0.2) is 48.8 Å². The number of carboxylic acid groups (broad SMARTS) is 3. The average Bonchev–Trinajstić information content (AvgIpc) is 3.19. The van der Waals surface area contributed by atoms with E-state index in [1.165, 1.54) is 6.08 Å². The second kappa shape index (κ2) is 24.4. The molecule has 0 radical (unpaired) electrons. The number of carboxylic acids is 3. The third-order valence-electron chi connectivity index (χ3n) is 7.62. The van der Waals surface area contributed by atoms with Gasteiger partial charge in [-0.15, -0.1) is 0 Å². The highest BCUT2D eigenvalue weighted by atomic mass is 35.5. The predicted molar refractivity (Wildman–Crippen MR) is 222 cm³/mol. The van der Waals surface area contributed by atoms with Crippen LogP contribution in [0, 0.1) is 19.7 Å². The quantitative estimate of drug-likeness (QED) is 0.0278. The molecule has 0 bridgehead atoms. The van der Waals surface area contributed by atoms with Crippen LogP contribution in [0.1, 0.15) is 60.5 Å². The van der Waals surface area contributed by atoms with Crippen molar-refractivity contribution in [3.63, 3.8) is 0 Å². The molecule has 61 heavy (non-hydrogen) atoms. The number of ketones is 1. The predicted octanol–water partition coefficient (Wildman–Crippen LogP) is 10.7. The van der Waals surface area contributed by atoms with Crippen molar-refractivity contribution in [1.82, 2.24) is 0 Å². The average molecular weight is 885 g/mol. The van der Waals surface area contributed by atoms with Crippen LogP contribution < -0.4 is 0 Å². The summed E-state index contributed by atoms with van der Waals surface area (Å²) in [5.41, 5.74) is 2.47. The highest BCUT2D eigenvalue weighted by Gasteiger charge is 2.32. The Hall–Kier alpha value is -6.64. The number of phosphoric acid groups is 1. The van der Waals surface area contributed by atoms with Crippen LogP contribution in [-0.2, 0) is 24.9 Å². The number of hydrogen-bond acceptors (Lipinski definition) is 6. The molecule has 0 saturated carbocycles. The van der Waals surface area contributed by atoms with Crippen LogP contribution in [0.25, 0.3) is 17.2 Å². The number of aliphatic carboxylic acids is 2. The first kappa shape index (κ1) is 50.5. The van der Waals surface area contributed by atoms with E-state index in [-0.39, 0.29) is 22.8 Å². The zero-order chi connectivity index (χ0) is 45.8. The summed E-state index contributed by atoms with van der Waals surface area (Å²) in [5, 5.41) is 26.4. The Morgan fingerprint density at radius 1 is 0.738 bits per heavy atom. The van der Waals surface area contributed by atoms with Gasteiger partial charge in [-0.1, -0.05) is 121 Å². The van der Waals surface area contributed by atoms with E-state index >= 15 is 0 Å². The standard InChI is InChI=1S/C17H14O3.C10H6F4O2.C9H10O2.C8H8ClO4P/c18-16(14-9-5-2-6-10-14)12-15(17(19)20)11-13-7-3-1-4-8-13;11-7-2-3-8(10(12,13)14)6(5-7)1-4-9(15)16;1-6-4-3-5-7(2)8(6)9(10)11;9-8(6-13-14(10,11)12)7-4-2-1-3-5-7/h1-11H,12H2,(H,19,20);1-5H,(H,15,16);3-5H,1-2H3,(H,10,11);1-6H,(H2,10,11,12). The minimum absolute atomic E-state index is 0.0880. The molecule has 0 aliphatic heterocycles. The van der Waals surface area contributed by atoms with Crippen LogP contribution in [0.2, 0.25) is 0 Å². The number of hydrogen-bond donors (Lipinski definition) is 5. The second-order valence-corrected chi connectivity index (χ2v) is 13.9. The third-order valence-corrected chi connectivity index (χ3v) is 8.31. The first-order chi connectivity index (χ1) is 28.6. The molecule has 0 amide bonds. The molecule has 5 aromatic rings. The van der Waals surface area contributed by atoms with Crippen molar-refractivity contribution in [1.29, 1.82) is 0 Å². The molecule has 0 saturated heterocycles. The minimum Gasteiger partial charge on any atom is -0.478 e. The summed E-state index contributed by atoms with van der Waals surface area (Å²) in [7, 11) is -4.50. The van der Waals surface area contributed by atoms with E-state index in [4.69, 9.17) is 31.6 Å². The van der Waals surface area contributed by atoms with Crippen molar-refractivity contribution in [3.8, 4) is 0 Å². The summed E-state index contributed by atoms with van der Waals surface area (Å²) in [5.74, 6) is -4.38. The fourth-order valence-electron chi connectivity index (χ4n) is 4.86.